The summed E-state index contributed by atoms with van der Waals surface area (Å²) in [5, 5.41) is 8.26. The van der Waals surface area contributed by atoms with E-state index < -0.39 is 0 Å². The molecule has 0 atom stereocenters. The Bertz CT molecular complexity index is 1020. The van der Waals surface area contributed by atoms with Gasteiger partial charge in [0.1, 0.15) is 12.1 Å². The minimum Gasteiger partial charge on any atom is -0.312 e. The highest BCUT2D eigenvalue weighted by atomic mass is 32.2. The third-order valence-corrected chi connectivity index (χ3v) is 5.48. The van der Waals surface area contributed by atoms with Crippen LogP contribution in [0.4, 0.5) is 10.1 Å². The van der Waals surface area contributed by atoms with Crippen LogP contribution in [0.2, 0.25) is 0 Å². The Morgan fingerprint density at radius 3 is 2.64 bits per heavy atom. The van der Waals surface area contributed by atoms with Gasteiger partial charge in [-0.15, -0.1) is 10.2 Å². The Hall–Kier alpha value is -3.00. The predicted octanol–water partition coefficient (Wildman–Crippen LogP) is 3.51. The van der Waals surface area contributed by atoms with Gasteiger partial charge in [0.2, 0.25) is 5.91 Å². The van der Waals surface area contributed by atoms with Crippen molar-refractivity contribution in [2.45, 2.75) is 18.0 Å². The molecule has 1 aromatic heterocycles. The first kappa shape index (κ1) is 18.4. The van der Waals surface area contributed by atoms with Crippen LogP contribution in [0.3, 0.4) is 0 Å². The molecule has 0 spiro atoms. The fraction of sp³-hybridized carbons (Fsp3) is 0.200. The van der Waals surface area contributed by atoms with Crippen LogP contribution in [0.25, 0.3) is 5.69 Å². The number of thioether (sulfide) groups is 1. The summed E-state index contributed by atoms with van der Waals surface area (Å²) in [5.74, 6) is -0.202. The topological polar surface area (TPSA) is 68.1 Å². The number of para-hydroxylation sites is 1. The average Bonchev–Trinajstić information content (AvgIpc) is 3.35. The number of aromatic nitrogens is 3. The zero-order valence-electron chi connectivity index (χ0n) is 14.9. The maximum absolute atomic E-state index is 14.0. The summed E-state index contributed by atoms with van der Waals surface area (Å²) in [4.78, 5) is 26.1. The molecule has 0 aliphatic carbocycles. The van der Waals surface area contributed by atoms with Gasteiger partial charge in [0.15, 0.2) is 10.9 Å². The molecule has 3 aromatic rings. The lowest BCUT2D eigenvalue weighted by Crippen LogP contribution is -2.23. The Morgan fingerprint density at radius 2 is 1.93 bits per heavy atom. The van der Waals surface area contributed by atoms with Gasteiger partial charge in [0.05, 0.1) is 11.4 Å². The molecule has 6 nitrogen and oxygen atoms in total. The number of carbonyl (C=O) groups is 2. The third kappa shape index (κ3) is 3.68. The number of benzene rings is 2. The summed E-state index contributed by atoms with van der Waals surface area (Å²) in [6, 6.07) is 13.4. The number of carbonyl (C=O) groups excluding carboxylic acids is 2. The van der Waals surface area contributed by atoms with Crippen molar-refractivity contribution in [2.75, 3.05) is 17.2 Å². The third-order valence-electron chi connectivity index (χ3n) is 4.54. The molecule has 1 saturated heterocycles. The van der Waals surface area contributed by atoms with E-state index in [9.17, 15) is 14.0 Å². The van der Waals surface area contributed by atoms with E-state index in [1.165, 1.54) is 28.7 Å². The Morgan fingerprint density at radius 1 is 1.14 bits per heavy atom. The second-order valence-electron chi connectivity index (χ2n) is 6.34. The molecule has 2 heterocycles. The van der Waals surface area contributed by atoms with Crippen molar-refractivity contribution in [3.05, 3.63) is 66.2 Å². The van der Waals surface area contributed by atoms with Crippen LogP contribution in [0, 0.1) is 5.82 Å². The van der Waals surface area contributed by atoms with Crippen molar-refractivity contribution in [3.8, 4) is 5.69 Å². The van der Waals surface area contributed by atoms with Crippen LogP contribution in [-0.2, 0) is 4.79 Å². The molecule has 0 saturated carbocycles. The smallest absolute Gasteiger partial charge is 0.227 e. The van der Waals surface area contributed by atoms with Gasteiger partial charge in [-0.3, -0.25) is 14.2 Å². The molecule has 1 fully saturated rings. The molecule has 0 unspecified atom stereocenters. The lowest BCUT2D eigenvalue weighted by atomic mass is 10.1. The number of amides is 1. The van der Waals surface area contributed by atoms with Crippen LogP contribution in [0.5, 0.6) is 0 Å². The monoisotopic (exact) mass is 396 g/mol. The number of rotatable bonds is 6. The second-order valence-corrected chi connectivity index (χ2v) is 7.29. The number of hydrogen-bond donors (Lipinski definition) is 0. The van der Waals surface area contributed by atoms with E-state index >= 15 is 0 Å². The molecule has 1 aliphatic rings. The van der Waals surface area contributed by atoms with E-state index in [0.717, 1.165) is 12.1 Å². The lowest BCUT2D eigenvalue weighted by molar-refractivity contribution is -0.117. The van der Waals surface area contributed by atoms with E-state index in [2.05, 4.69) is 10.2 Å². The largest absolute Gasteiger partial charge is 0.312 e. The first-order valence-corrected chi connectivity index (χ1v) is 9.83. The highest BCUT2D eigenvalue weighted by molar-refractivity contribution is 7.99. The standard InChI is InChI=1S/C20H17FN4O2S/c21-16-4-1-2-5-17(16)25-13-22-23-20(25)28-12-18(26)14-7-9-15(10-8-14)24-11-3-6-19(24)27/h1-2,4-5,7-10,13H,3,6,11-12H2. The molecular weight excluding hydrogens is 379 g/mol. The van der Waals surface area contributed by atoms with Gasteiger partial charge in [-0.1, -0.05) is 23.9 Å². The number of nitrogens with zero attached hydrogens (tertiary/aromatic N) is 4. The van der Waals surface area contributed by atoms with Crippen molar-refractivity contribution in [1.82, 2.24) is 14.8 Å². The number of halogens is 1. The van der Waals surface area contributed by atoms with Crippen LogP contribution in [0.15, 0.2) is 60.0 Å². The highest BCUT2D eigenvalue weighted by Crippen LogP contribution is 2.24. The Kier molecular flexibility index (Phi) is 5.21. The van der Waals surface area contributed by atoms with Crippen LogP contribution >= 0.6 is 11.8 Å². The van der Waals surface area contributed by atoms with Gasteiger partial charge in [-0.05, 0) is 42.8 Å². The normalized spacial score (nSPS) is 13.9. The zero-order chi connectivity index (χ0) is 19.5. The molecule has 28 heavy (non-hydrogen) atoms. The number of ketones is 1. The molecule has 1 aliphatic heterocycles. The van der Waals surface area contributed by atoms with E-state index in [1.807, 2.05) is 0 Å². The molecule has 0 N–H and O–H groups in total. The second kappa shape index (κ2) is 7.93. The number of anilines is 1. The Labute approximate surface area is 165 Å². The molecule has 4 rings (SSSR count). The summed E-state index contributed by atoms with van der Waals surface area (Å²) >= 11 is 1.20. The van der Waals surface area contributed by atoms with Gasteiger partial charge >= 0.3 is 0 Å². The summed E-state index contributed by atoms with van der Waals surface area (Å²) < 4.78 is 15.5. The summed E-state index contributed by atoms with van der Waals surface area (Å²) in [6.45, 7) is 0.716. The van der Waals surface area contributed by atoms with Gasteiger partial charge in [0, 0.05) is 24.2 Å². The number of hydrogen-bond acceptors (Lipinski definition) is 5. The highest BCUT2D eigenvalue weighted by Gasteiger charge is 2.21. The SMILES string of the molecule is O=C(CSc1nncn1-c1ccccc1F)c1ccc(N2CCCC2=O)cc1. The minimum absolute atomic E-state index is 0.0765. The molecule has 1 amide bonds. The van der Waals surface area contributed by atoms with E-state index in [4.69, 9.17) is 0 Å². The predicted molar refractivity (Wildman–Crippen MR) is 104 cm³/mol. The molecule has 2 aromatic carbocycles. The van der Waals surface area contributed by atoms with Crippen molar-refractivity contribution >= 4 is 29.1 Å². The van der Waals surface area contributed by atoms with Gasteiger partial charge < -0.3 is 4.90 Å². The zero-order valence-corrected chi connectivity index (χ0v) is 15.7. The van der Waals surface area contributed by atoms with E-state index in [-0.39, 0.29) is 23.3 Å². The number of Topliss-reactive ketones (excluding diaryl/α,β-unsaturated/α-hetero) is 1. The fourth-order valence-corrected chi connectivity index (χ4v) is 3.91. The quantitative estimate of drug-likeness (QED) is 0.471. The molecular formula is C20H17FN4O2S. The van der Waals surface area contributed by atoms with Gasteiger partial charge in [-0.25, -0.2) is 4.39 Å². The molecule has 8 heteroatoms. The maximum atomic E-state index is 14.0. The summed E-state index contributed by atoms with van der Waals surface area (Å²) in [6.07, 6.45) is 2.85. The van der Waals surface area contributed by atoms with E-state index in [0.29, 0.717) is 29.4 Å². The van der Waals surface area contributed by atoms with Crippen molar-refractivity contribution < 1.29 is 14.0 Å². The maximum Gasteiger partial charge on any atom is 0.227 e. The average molecular weight is 396 g/mol. The van der Waals surface area contributed by atoms with Crippen molar-refractivity contribution in [1.29, 1.82) is 0 Å². The van der Waals surface area contributed by atoms with Crippen molar-refractivity contribution in [3.63, 3.8) is 0 Å². The van der Waals surface area contributed by atoms with Gasteiger partial charge in [-0.2, -0.15) is 0 Å². The first-order chi connectivity index (χ1) is 13.6. The first-order valence-electron chi connectivity index (χ1n) is 8.85. The molecule has 0 bridgehead atoms. The van der Waals surface area contributed by atoms with Crippen LogP contribution in [0.1, 0.15) is 23.2 Å². The molecule has 0 radical (unpaired) electrons. The summed E-state index contributed by atoms with van der Waals surface area (Å²) in [7, 11) is 0. The van der Waals surface area contributed by atoms with Crippen molar-refractivity contribution in [2.24, 2.45) is 0 Å². The fourth-order valence-electron chi connectivity index (χ4n) is 3.10. The summed E-state index contributed by atoms with van der Waals surface area (Å²) in [5.41, 5.74) is 1.70. The lowest BCUT2D eigenvalue weighted by Gasteiger charge is -2.15. The Balaban J connectivity index is 1.44. The molecule has 142 valence electrons. The minimum atomic E-state index is -0.387. The van der Waals surface area contributed by atoms with Gasteiger partial charge in [0.25, 0.3) is 0 Å². The van der Waals surface area contributed by atoms with E-state index in [1.54, 1.807) is 47.4 Å². The van der Waals surface area contributed by atoms with Crippen LogP contribution < -0.4 is 4.90 Å². The van der Waals surface area contributed by atoms with Crippen LogP contribution in [-0.4, -0.2) is 38.8 Å².